The molecule has 2 aromatic carbocycles. The summed E-state index contributed by atoms with van der Waals surface area (Å²) in [7, 11) is 3.03. The molecule has 0 saturated carbocycles. The first-order valence-electron chi connectivity index (χ1n) is 9.33. The second kappa shape index (κ2) is 10.2. The van der Waals surface area contributed by atoms with Crippen LogP contribution in [0.5, 0.6) is 0 Å². The maximum absolute atomic E-state index is 12.1. The monoisotopic (exact) mass is 392 g/mol. The van der Waals surface area contributed by atoms with Crippen LogP contribution >= 0.6 is 0 Å². The second-order valence-electron chi connectivity index (χ2n) is 6.26. The fourth-order valence-electron chi connectivity index (χ4n) is 2.78. The zero-order valence-electron chi connectivity index (χ0n) is 16.5. The SMILES string of the molecule is COCCCNc1cc(-c2ccccc2)nc(Nc2ccccc2C(=O)OC)n1. The van der Waals surface area contributed by atoms with Crippen molar-refractivity contribution in [2.45, 2.75) is 6.42 Å². The van der Waals surface area contributed by atoms with E-state index in [0.29, 0.717) is 29.6 Å². The smallest absolute Gasteiger partial charge is 0.339 e. The zero-order chi connectivity index (χ0) is 20.5. The molecule has 0 radical (unpaired) electrons. The standard InChI is InChI=1S/C22H24N4O3/c1-28-14-8-13-23-20-15-19(16-9-4-3-5-10-16)25-22(26-20)24-18-12-7-6-11-17(18)21(27)29-2/h3-7,9-12,15H,8,13-14H2,1-2H3,(H2,23,24,25,26). The van der Waals surface area contributed by atoms with Crippen molar-refractivity contribution >= 4 is 23.4 Å². The molecule has 1 aromatic heterocycles. The van der Waals surface area contributed by atoms with Crippen molar-refractivity contribution in [3.63, 3.8) is 0 Å². The number of ether oxygens (including phenoxy) is 2. The highest BCUT2D eigenvalue weighted by Crippen LogP contribution is 2.25. The molecule has 1 heterocycles. The van der Waals surface area contributed by atoms with Crippen molar-refractivity contribution in [1.29, 1.82) is 0 Å². The number of anilines is 3. The minimum absolute atomic E-state index is 0.386. The summed E-state index contributed by atoms with van der Waals surface area (Å²) < 4.78 is 9.96. The van der Waals surface area contributed by atoms with Crippen LogP contribution in [0.25, 0.3) is 11.3 Å². The number of para-hydroxylation sites is 1. The highest BCUT2D eigenvalue weighted by Gasteiger charge is 2.13. The third-order valence-electron chi connectivity index (χ3n) is 4.21. The molecular weight excluding hydrogens is 368 g/mol. The lowest BCUT2D eigenvalue weighted by Crippen LogP contribution is -2.10. The van der Waals surface area contributed by atoms with Gasteiger partial charge in [0, 0.05) is 31.9 Å². The van der Waals surface area contributed by atoms with Crippen LogP contribution < -0.4 is 10.6 Å². The molecule has 0 fully saturated rings. The van der Waals surface area contributed by atoms with E-state index >= 15 is 0 Å². The molecule has 3 rings (SSSR count). The van der Waals surface area contributed by atoms with Gasteiger partial charge in [-0.3, -0.25) is 0 Å². The van der Waals surface area contributed by atoms with E-state index in [1.54, 1.807) is 25.3 Å². The number of benzene rings is 2. The largest absolute Gasteiger partial charge is 0.465 e. The lowest BCUT2D eigenvalue weighted by molar-refractivity contribution is 0.0602. The van der Waals surface area contributed by atoms with Gasteiger partial charge in [0.15, 0.2) is 0 Å². The van der Waals surface area contributed by atoms with E-state index in [9.17, 15) is 4.79 Å². The molecule has 2 N–H and O–H groups in total. The zero-order valence-corrected chi connectivity index (χ0v) is 16.5. The predicted molar refractivity (Wildman–Crippen MR) is 114 cm³/mol. The van der Waals surface area contributed by atoms with Crippen molar-refractivity contribution in [2.24, 2.45) is 0 Å². The van der Waals surface area contributed by atoms with Gasteiger partial charge in [-0.25, -0.2) is 9.78 Å². The Bertz CT molecular complexity index is 948. The molecule has 0 aliphatic rings. The summed E-state index contributed by atoms with van der Waals surface area (Å²) in [6, 6.07) is 18.9. The summed E-state index contributed by atoms with van der Waals surface area (Å²) in [5.74, 6) is 0.648. The molecule has 0 atom stereocenters. The third kappa shape index (κ3) is 5.52. The number of carbonyl (C=O) groups excluding carboxylic acids is 1. The summed E-state index contributed by atoms with van der Waals surface area (Å²) in [5.41, 5.74) is 2.74. The van der Waals surface area contributed by atoms with Gasteiger partial charge in [-0.1, -0.05) is 42.5 Å². The Kier molecular flexibility index (Phi) is 7.13. The Labute approximate surface area is 170 Å². The van der Waals surface area contributed by atoms with Crippen LogP contribution in [0, 0.1) is 0 Å². The molecule has 0 spiro atoms. The summed E-state index contributed by atoms with van der Waals surface area (Å²) in [6.07, 6.45) is 0.856. The van der Waals surface area contributed by atoms with Crippen molar-refractivity contribution in [2.75, 3.05) is 38.0 Å². The Morgan fingerprint density at radius 3 is 2.52 bits per heavy atom. The average Bonchev–Trinajstić information content (AvgIpc) is 2.77. The number of hydrogen-bond donors (Lipinski definition) is 2. The van der Waals surface area contributed by atoms with E-state index in [1.807, 2.05) is 42.5 Å². The molecular formula is C22H24N4O3. The van der Waals surface area contributed by atoms with Crippen LogP contribution in [0.4, 0.5) is 17.5 Å². The van der Waals surface area contributed by atoms with Crippen LogP contribution in [-0.4, -0.2) is 43.3 Å². The molecule has 0 aliphatic carbocycles. The van der Waals surface area contributed by atoms with Crippen molar-refractivity contribution < 1.29 is 14.3 Å². The van der Waals surface area contributed by atoms with E-state index in [0.717, 1.165) is 24.2 Å². The van der Waals surface area contributed by atoms with Crippen molar-refractivity contribution in [3.8, 4) is 11.3 Å². The molecule has 0 unspecified atom stereocenters. The van der Waals surface area contributed by atoms with Gasteiger partial charge in [0.25, 0.3) is 0 Å². The summed E-state index contributed by atoms with van der Waals surface area (Å²) in [5, 5.41) is 6.45. The number of esters is 1. The predicted octanol–water partition coefficient (Wildman–Crippen LogP) is 4.12. The first-order chi connectivity index (χ1) is 14.2. The number of nitrogens with zero attached hydrogens (tertiary/aromatic N) is 2. The van der Waals surface area contributed by atoms with Crippen molar-refractivity contribution in [1.82, 2.24) is 9.97 Å². The maximum Gasteiger partial charge on any atom is 0.339 e. The highest BCUT2D eigenvalue weighted by atomic mass is 16.5. The third-order valence-corrected chi connectivity index (χ3v) is 4.21. The molecule has 150 valence electrons. The number of hydrogen-bond acceptors (Lipinski definition) is 7. The molecule has 29 heavy (non-hydrogen) atoms. The molecule has 0 bridgehead atoms. The molecule has 7 nitrogen and oxygen atoms in total. The van der Waals surface area contributed by atoms with Gasteiger partial charge >= 0.3 is 5.97 Å². The van der Waals surface area contributed by atoms with E-state index in [4.69, 9.17) is 9.47 Å². The number of methoxy groups -OCH3 is 2. The van der Waals surface area contributed by atoms with Gasteiger partial charge < -0.3 is 20.1 Å². The Morgan fingerprint density at radius 1 is 1.00 bits per heavy atom. The Balaban J connectivity index is 1.92. The minimum Gasteiger partial charge on any atom is -0.465 e. The number of carbonyl (C=O) groups is 1. The van der Waals surface area contributed by atoms with Crippen LogP contribution in [0.3, 0.4) is 0 Å². The Morgan fingerprint density at radius 2 is 1.76 bits per heavy atom. The van der Waals surface area contributed by atoms with Crippen LogP contribution in [-0.2, 0) is 9.47 Å². The molecule has 7 heteroatoms. The van der Waals surface area contributed by atoms with Crippen LogP contribution in [0.1, 0.15) is 16.8 Å². The number of nitrogens with one attached hydrogen (secondary N) is 2. The van der Waals surface area contributed by atoms with Gasteiger partial charge in [0.2, 0.25) is 5.95 Å². The van der Waals surface area contributed by atoms with E-state index in [1.165, 1.54) is 7.11 Å². The van der Waals surface area contributed by atoms with E-state index in [2.05, 4.69) is 20.6 Å². The topological polar surface area (TPSA) is 85.4 Å². The van der Waals surface area contributed by atoms with Gasteiger partial charge in [-0.15, -0.1) is 0 Å². The molecule has 0 saturated heterocycles. The van der Waals surface area contributed by atoms with Crippen LogP contribution in [0.2, 0.25) is 0 Å². The number of rotatable bonds is 9. The maximum atomic E-state index is 12.1. The average molecular weight is 392 g/mol. The fraction of sp³-hybridized carbons (Fsp3) is 0.227. The minimum atomic E-state index is -0.426. The Hall–Kier alpha value is -3.45. The quantitative estimate of drug-likeness (QED) is 0.418. The summed E-state index contributed by atoms with van der Waals surface area (Å²) >= 11 is 0. The summed E-state index contributed by atoms with van der Waals surface area (Å²) in [4.78, 5) is 21.2. The molecule has 0 aliphatic heterocycles. The van der Waals surface area contributed by atoms with Gasteiger partial charge in [-0.2, -0.15) is 4.98 Å². The first-order valence-corrected chi connectivity index (χ1v) is 9.33. The molecule has 3 aromatic rings. The van der Waals surface area contributed by atoms with Gasteiger partial charge in [0.1, 0.15) is 5.82 Å². The van der Waals surface area contributed by atoms with Crippen LogP contribution in [0.15, 0.2) is 60.7 Å². The first kappa shape index (κ1) is 20.3. The summed E-state index contributed by atoms with van der Waals surface area (Å²) in [6.45, 7) is 1.39. The number of aromatic nitrogens is 2. The lowest BCUT2D eigenvalue weighted by atomic mass is 10.1. The van der Waals surface area contributed by atoms with Gasteiger partial charge in [-0.05, 0) is 18.6 Å². The van der Waals surface area contributed by atoms with Gasteiger partial charge in [0.05, 0.1) is 24.1 Å². The van der Waals surface area contributed by atoms with Crippen molar-refractivity contribution in [3.05, 3.63) is 66.2 Å². The lowest BCUT2D eigenvalue weighted by Gasteiger charge is -2.13. The van der Waals surface area contributed by atoms with E-state index in [-0.39, 0.29) is 0 Å². The normalized spacial score (nSPS) is 10.4. The fourth-order valence-corrected chi connectivity index (χ4v) is 2.78. The highest BCUT2D eigenvalue weighted by molar-refractivity contribution is 5.96. The molecule has 0 amide bonds. The van der Waals surface area contributed by atoms with E-state index < -0.39 is 5.97 Å². The second-order valence-corrected chi connectivity index (χ2v) is 6.26.